The zero-order valence-corrected chi connectivity index (χ0v) is 13.4. The molecule has 0 unspecified atom stereocenters. The van der Waals surface area contributed by atoms with Crippen LogP contribution >= 0.6 is 15.9 Å². The van der Waals surface area contributed by atoms with E-state index >= 15 is 0 Å². The number of benzene rings is 1. The molecule has 0 saturated heterocycles. The Morgan fingerprint density at radius 2 is 1.86 bits per heavy atom. The van der Waals surface area contributed by atoms with Gasteiger partial charge in [-0.2, -0.15) is 0 Å². The largest absolute Gasteiger partial charge is 0.383 e. The van der Waals surface area contributed by atoms with Crippen LogP contribution in [0.5, 0.6) is 0 Å². The molecule has 0 spiro atoms. The first-order valence-electron chi connectivity index (χ1n) is 6.35. The fourth-order valence-electron chi connectivity index (χ4n) is 1.68. The third-order valence-electron chi connectivity index (χ3n) is 2.98. The maximum Gasteiger partial charge on any atom is 0.149 e. The van der Waals surface area contributed by atoms with E-state index in [1.807, 2.05) is 13.8 Å². The number of halogens is 3. The number of nitrogens with two attached hydrogens (primary N) is 1. The van der Waals surface area contributed by atoms with Crippen LogP contribution in [0.4, 0.5) is 26.1 Å². The molecule has 4 nitrogen and oxygen atoms in total. The van der Waals surface area contributed by atoms with E-state index in [4.69, 9.17) is 5.73 Å². The van der Waals surface area contributed by atoms with Gasteiger partial charge in [0.1, 0.15) is 29.1 Å². The number of nitrogens with zero attached hydrogens (tertiary/aromatic N) is 2. The predicted octanol–water partition coefficient (Wildman–Crippen LogP) is 4.27. The second-order valence-corrected chi connectivity index (χ2v) is 5.82. The van der Waals surface area contributed by atoms with Gasteiger partial charge in [-0.25, -0.2) is 18.7 Å². The Hall–Kier alpha value is -1.76. The topological polar surface area (TPSA) is 63.8 Å². The van der Waals surface area contributed by atoms with Gasteiger partial charge in [0.05, 0.1) is 10.2 Å². The standard InChI is InChI=1S/C14H15BrF2N4/c1-6(2)13-20-12(18)7(3)14(21-13)19-11-4-8(15)9(16)5-10(11)17/h4-6H,1-3H3,(H3,18,19,20,21). The zero-order chi connectivity index (χ0) is 15.7. The molecule has 0 fully saturated rings. The fourth-order valence-corrected chi connectivity index (χ4v) is 2.02. The molecule has 3 N–H and O–H groups in total. The van der Waals surface area contributed by atoms with Crippen LogP contribution in [0.2, 0.25) is 0 Å². The minimum Gasteiger partial charge on any atom is -0.383 e. The van der Waals surface area contributed by atoms with Gasteiger partial charge in [-0.1, -0.05) is 13.8 Å². The fraction of sp³-hybridized carbons (Fsp3) is 0.286. The Morgan fingerprint density at radius 3 is 2.48 bits per heavy atom. The van der Waals surface area contributed by atoms with Crippen molar-refractivity contribution in [2.75, 3.05) is 11.1 Å². The lowest BCUT2D eigenvalue weighted by Gasteiger charge is -2.14. The molecule has 0 aliphatic rings. The Kier molecular flexibility index (Phi) is 4.41. The highest BCUT2D eigenvalue weighted by atomic mass is 79.9. The van der Waals surface area contributed by atoms with Crippen molar-refractivity contribution in [3.05, 3.63) is 39.6 Å². The predicted molar refractivity (Wildman–Crippen MR) is 82.6 cm³/mol. The van der Waals surface area contributed by atoms with Gasteiger partial charge in [-0.15, -0.1) is 0 Å². The SMILES string of the molecule is Cc1c(N)nc(C(C)C)nc1Nc1cc(Br)c(F)cc1F. The normalized spacial score (nSPS) is 11.0. The molecule has 21 heavy (non-hydrogen) atoms. The molecule has 0 bridgehead atoms. The maximum atomic E-state index is 13.8. The van der Waals surface area contributed by atoms with Gasteiger partial charge in [-0.3, -0.25) is 0 Å². The molecule has 1 aromatic heterocycles. The number of rotatable bonds is 3. The molecule has 0 aliphatic heterocycles. The van der Waals surface area contributed by atoms with Crippen molar-refractivity contribution in [2.45, 2.75) is 26.7 Å². The molecule has 1 heterocycles. The number of anilines is 3. The van der Waals surface area contributed by atoms with Crippen molar-refractivity contribution >= 4 is 33.3 Å². The summed E-state index contributed by atoms with van der Waals surface area (Å²) in [7, 11) is 0. The maximum absolute atomic E-state index is 13.8. The highest BCUT2D eigenvalue weighted by Crippen LogP contribution is 2.28. The Bertz CT molecular complexity index is 689. The summed E-state index contributed by atoms with van der Waals surface area (Å²) in [6.07, 6.45) is 0. The summed E-state index contributed by atoms with van der Waals surface area (Å²) in [5, 5.41) is 2.84. The van der Waals surface area contributed by atoms with Crippen LogP contribution < -0.4 is 11.1 Å². The first kappa shape index (κ1) is 15.6. The summed E-state index contributed by atoms with van der Waals surface area (Å²) in [6, 6.07) is 2.12. The average molecular weight is 357 g/mol. The van der Waals surface area contributed by atoms with Crippen LogP contribution in [-0.4, -0.2) is 9.97 Å². The van der Waals surface area contributed by atoms with Crippen molar-refractivity contribution in [3.8, 4) is 0 Å². The van der Waals surface area contributed by atoms with Gasteiger partial charge in [0, 0.05) is 17.5 Å². The van der Waals surface area contributed by atoms with E-state index in [9.17, 15) is 8.78 Å². The lowest BCUT2D eigenvalue weighted by atomic mass is 10.2. The van der Waals surface area contributed by atoms with E-state index in [1.54, 1.807) is 6.92 Å². The number of aromatic nitrogens is 2. The number of hydrogen-bond donors (Lipinski definition) is 2. The van der Waals surface area contributed by atoms with Crippen LogP contribution in [0.15, 0.2) is 16.6 Å². The second-order valence-electron chi connectivity index (χ2n) is 4.97. The zero-order valence-electron chi connectivity index (χ0n) is 11.8. The van der Waals surface area contributed by atoms with Crippen LogP contribution in [0.1, 0.15) is 31.2 Å². The molecule has 0 saturated carbocycles. The number of nitrogen functional groups attached to an aromatic ring is 1. The minimum absolute atomic E-state index is 0.0817. The van der Waals surface area contributed by atoms with E-state index in [0.717, 1.165) is 6.07 Å². The summed E-state index contributed by atoms with van der Waals surface area (Å²) in [5.41, 5.74) is 6.57. The quantitative estimate of drug-likeness (QED) is 0.805. The van der Waals surface area contributed by atoms with Gasteiger partial charge < -0.3 is 11.1 Å². The monoisotopic (exact) mass is 356 g/mol. The average Bonchev–Trinajstić information content (AvgIpc) is 2.40. The van der Waals surface area contributed by atoms with E-state index in [0.29, 0.717) is 23.0 Å². The van der Waals surface area contributed by atoms with Gasteiger partial charge in [0.25, 0.3) is 0 Å². The molecule has 0 atom stereocenters. The molecule has 0 radical (unpaired) electrons. The molecular weight excluding hydrogens is 342 g/mol. The van der Waals surface area contributed by atoms with Crippen LogP contribution in [-0.2, 0) is 0 Å². The van der Waals surface area contributed by atoms with Crippen LogP contribution in [0, 0.1) is 18.6 Å². The molecule has 112 valence electrons. The Labute approximate surface area is 129 Å². The molecule has 7 heteroatoms. The van der Waals surface area contributed by atoms with Gasteiger partial charge in [-0.05, 0) is 28.9 Å². The van der Waals surface area contributed by atoms with Gasteiger partial charge >= 0.3 is 0 Å². The minimum atomic E-state index is -0.710. The van der Waals surface area contributed by atoms with E-state index in [2.05, 4.69) is 31.2 Å². The third-order valence-corrected chi connectivity index (χ3v) is 3.59. The lowest BCUT2D eigenvalue weighted by Crippen LogP contribution is -2.08. The van der Waals surface area contributed by atoms with E-state index in [1.165, 1.54) is 6.07 Å². The summed E-state index contributed by atoms with van der Waals surface area (Å²) < 4.78 is 27.2. The van der Waals surface area contributed by atoms with Crippen molar-refractivity contribution in [1.29, 1.82) is 0 Å². The highest BCUT2D eigenvalue weighted by molar-refractivity contribution is 9.10. The van der Waals surface area contributed by atoms with Crippen molar-refractivity contribution < 1.29 is 8.78 Å². The number of nitrogens with one attached hydrogen (secondary N) is 1. The summed E-state index contributed by atoms with van der Waals surface area (Å²) in [6.45, 7) is 5.60. The van der Waals surface area contributed by atoms with Crippen molar-refractivity contribution in [3.63, 3.8) is 0 Å². The Morgan fingerprint density at radius 1 is 1.19 bits per heavy atom. The smallest absolute Gasteiger partial charge is 0.149 e. The Balaban J connectivity index is 2.46. The summed E-state index contributed by atoms with van der Waals surface area (Å²) in [5.74, 6) is 0.0000495. The number of hydrogen-bond acceptors (Lipinski definition) is 4. The van der Waals surface area contributed by atoms with E-state index < -0.39 is 11.6 Å². The molecule has 1 aromatic carbocycles. The first-order chi connectivity index (χ1) is 9.79. The van der Waals surface area contributed by atoms with Crippen molar-refractivity contribution in [1.82, 2.24) is 9.97 Å². The first-order valence-corrected chi connectivity index (χ1v) is 7.14. The highest BCUT2D eigenvalue weighted by Gasteiger charge is 2.14. The van der Waals surface area contributed by atoms with Gasteiger partial charge in [0.2, 0.25) is 0 Å². The molecule has 0 aliphatic carbocycles. The van der Waals surface area contributed by atoms with Crippen LogP contribution in [0.25, 0.3) is 0 Å². The summed E-state index contributed by atoms with van der Waals surface area (Å²) in [4.78, 5) is 8.54. The van der Waals surface area contributed by atoms with Crippen LogP contribution in [0.3, 0.4) is 0 Å². The molecule has 2 aromatic rings. The lowest BCUT2D eigenvalue weighted by molar-refractivity contribution is 0.581. The third kappa shape index (κ3) is 3.29. The van der Waals surface area contributed by atoms with E-state index in [-0.39, 0.29) is 16.1 Å². The second kappa shape index (κ2) is 5.93. The molecule has 0 amide bonds. The molecular formula is C14H15BrF2N4. The molecule has 2 rings (SSSR count). The summed E-state index contributed by atoms with van der Waals surface area (Å²) >= 11 is 3.03. The van der Waals surface area contributed by atoms with Gasteiger partial charge in [0.15, 0.2) is 0 Å². The van der Waals surface area contributed by atoms with Crippen molar-refractivity contribution in [2.24, 2.45) is 0 Å².